The van der Waals surface area contributed by atoms with Crippen molar-refractivity contribution >= 4 is 5.82 Å². The topological polar surface area (TPSA) is 64.9 Å². The minimum atomic E-state index is 0.361. The highest BCUT2D eigenvalue weighted by Gasteiger charge is 2.23. The maximum absolute atomic E-state index is 5.35. The van der Waals surface area contributed by atoms with Crippen molar-refractivity contribution in [2.75, 3.05) is 19.0 Å². The van der Waals surface area contributed by atoms with Crippen LogP contribution in [0.5, 0.6) is 5.75 Å². The Morgan fingerprint density at radius 1 is 1.13 bits per heavy atom. The van der Waals surface area contributed by atoms with E-state index in [1.54, 1.807) is 7.11 Å². The van der Waals surface area contributed by atoms with Crippen LogP contribution < -0.4 is 10.1 Å². The largest absolute Gasteiger partial charge is 0.495 e. The summed E-state index contributed by atoms with van der Waals surface area (Å²) in [7, 11) is 1.70. The van der Waals surface area contributed by atoms with Crippen molar-refractivity contribution < 1.29 is 4.74 Å². The number of hydrogen-bond donors (Lipinski definition) is 1. The first-order chi connectivity index (χ1) is 15.0. The lowest BCUT2D eigenvalue weighted by molar-refractivity contribution is 0.334. The lowest BCUT2D eigenvalue weighted by Crippen LogP contribution is -2.21. The van der Waals surface area contributed by atoms with Gasteiger partial charge in [0.15, 0.2) is 0 Å². The Morgan fingerprint density at radius 3 is 2.61 bits per heavy atom. The van der Waals surface area contributed by atoms with E-state index in [0.717, 1.165) is 34.9 Å². The zero-order chi connectivity index (χ0) is 21.8. The summed E-state index contributed by atoms with van der Waals surface area (Å²) in [6, 6.07) is 8.71. The summed E-state index contributed by atoms with van der Waals surface area (Å²) in [5.74, 6) is 3.03. The molecular formula is C25H33N5O. The van der Waals surface area contributed by atoms with Crippen LogP contribution in [0.25, 0.3) is 11.1 Å². The highest BCUT2D eigenvalue weighted by Crippen LogP contribution is 2.36. The first-order valence-electron chi connectivity index (χ1n) is 11.3. The third kappa shape index (κ3) is 5.06. The van der Waals surface area contributed by atoms with Gasteiger partial charge in [0.05, 0.1) is 19.0 Å². The maximum atomic E-state index is 5.35. The second kappa shape index (κ2) is 9.50. The molecule has 0 unspecified atom stereocenters. The molecule has 0 bridgehead atoms. The summed E-state index contributed by atoms with van der Waals surface area (Å²) in [5.41, 5.74) is 4.46. The van der Waals surface area contributed by atoms with Crippen LogP contribution in [0.3, 0.4) is 0 Å². The molecule has 0 radical (unpaired) electrons. The summed E-state index contributed by atoms with van der Waals surface area (Å²) in [6.07, 6.45) is 10.7. The lowest BCUT2D eigenvalue weighted by atomic mass is 9.80. The lowest BCUT2D eigenvalue weighted by Gasteiger charge is -2.28. The maximum Gasteiger partial charge on any atom is 0.140 e. The van der Waals surface area contributed by atoms with Crippen molar-refractivity contribution in [3.8, 4) is 16.9 Å². The molecule has 6 nitrogen and oxygen atoms in total. The van der Waals surface area contributed by atoms with Crippen molar-refractivity contribution in [3.05, 3.63) is 54.2 Å². The van der Waals surface area contributed by atoms with E-state index in [0.29, 0.717) is 17.9 Å². The van der Waals surface area contributed by atoms with Gasteiger partial charge in [-0.1, -0.05) is 0 Å². The molecule has 31 heavy (non-hydrogen) atoms. The quantitative estimate of drug-likeness (QED) is 0.538. The van der Waals surface area contributed by atoms with Crippen LogP contribution in [0.15, 0.2) is 42.9 Å². The average Bonchev–Trinajstić information content (AvgIpc) is 3.29. The number of aromatic nitrogens is 4. The first kappa shape index (κ1) is 21.3. The van der Waals surface area contributed by atoms with Crippen LogP contribution in [0.4, 0.5) is 5.82 Å². The standard InChI is InChI=1S/C25H33N5O/c1-17(2)30-16-22(15-28-30)21-11-12-26-25(13-21)27-14-19-5-7-20(8-6-19)23-9-10-24(31-4)18(3)29-23/h9-13,15-17,19-20H,5-8,14H2,1-4H3,(H,26,27)/t19-,20-. The molecule has 0 atom stereocenters. The first-order valence-corrected chi connectivity index (χ1v) is 11.3. The third-order valence-corrected chi connectivity index (χ3v) is 6.34. The molecular weight excluding hydrogens is 386 g/mol. The van der Waals surface area contributed by atoms with Crippen LogP contribution in [0.1, 0.15) is 62.9 Å². The Kier molecular flexibility index (Phi) is 6.54. The minimum absolute atomic E-state index is 0.361. The molecule has 1 aliphatic carbocycles. The van der Waals surface area contributed by atoms with Crippen LogP contribution in [-0.2, 0) is 0 Å². The fraction of sp³-hybridized carbons (Fsp3) is 0.480. The molecule has 0 amide bonds. The van der Waals surface area contributed by atoms with E-state index in [1.165, 1.54) is 31.4 Å². The van der Waals surface area contributed by atoms with E-state index < -0.39 is 0 Å². The van der Waals surface area contributed by atoms with E-state index in [2.05, 4.69) is 53.6 Å². The Labute approximate surface area is 185 Å². The molecule has 1 aliphatic rings. The van der Waals surface area contributed by atoms with Crippen molar-refractivity contribution in [1.82, 2.24) is 19.7 Å². The zero-order valence-electron chi connectivity index (χ0n) is 19.0. The van der Waals surface area contributed by atoms with Gasteiger partial charge in [-0.25, -0.2) is 4.98 Å². The van der Waals surface area contributed by atoms with Gasteiger partial charge in [-0.3, -0.25) is 9.67 Å². The number of aryl methyl sites for hydroxylation is 1. The number of ether oxygens (including phenoxy) is 1. The fourth-order valence-electron chi connectivity index (χ4n) is 4.40. The predicted molar refractivity (Wildman–Crippen MR) is 125 cm³/mol. The number of methoxy groups -OCH3 is 1. The Bertz CT molecular complexity index is 1000. The molecule has 0 aliphatic heterocycles. The predicted octanol–water partition coefficient (Wildman–Crippen LogP) is 5.62. The zero-order valence-corrected chi connectivity index (χ0v) is 19.0. The fourth-order valence-corrected chi connectivity index (χ4v) is 4.40. The molecule has 1 N–H and O–H groups in total. The molecule has 3 heterocycles. The molecule has 4 rings (SSSR count). The Balaban J connectivity index is 1.31. The van der Waals surface area contributed by atoms with Crippen LogP contribution in [-0.4, -0.2) is 33.4 Å². The van der Waals surface area contributed by atoms with Gasteiger partial charge in [-0.15, -0.1) is 0 Å². The molecule has 0 saturated heterocycles. The number of nitrogens with one attached hydrogen (secondary N) is 1. The van der Waals surface area contributed by atoms with Gasteiger partial charge in [-0.2, -0.15) is 5.10 Å². The van der Waals surface area contributed by atoms with Crippen LogP contribution in [0.2, 0.25) is 0 Å². The molecule has 3 aromatic rings. The van der Waals surface area contributed by atoms with Crippen molar-refractivity contribution in [1.29, 1.82) is 0 Å². The van der Waals surface area contributed by atoms with E-state index in [4.69, 9.17) is 9.72 Å². The van der Waals surface area contributed by atoms with Crippen molar-refractivity contribution in [2.45, 2.75) is 58.4 Å². The SMILES string of the molecule is COc1ccc([C@H]2CC[C@H](CNc3cc(-c4cnn(C(C)C)c4)ccn3)CC2)nc1C. The van der Waals surface area contributed by atoms with Gasteiger partial charge in [0.2, 0.25) is 0 Å². The number of hydrogen-bond acceptors (Lipinski definition) is 5. The summed E-state index contributed by atoms with van der Waals surface area (Å²) in [6.45, 7) is 7.25. The summed E-state index contributed by atoms with van der Waals surface area (Å²) in [4.78, 5) is 9.30. The van der Waals surface area contributed by atoms with Crippen LogP contribution in [0, 0.1) is 12.8 Å². The number of rotatable bonds is 7. The van der Waals surface area contributed by atoms with Gasteiger partial charge in [-0.05, 0) is 82.2 Å². The minimum Gasteiger partial charge on any atom is -0.495 e. The molecule has 3 aromatic heterocycles. The number of nitrogens with zero attached hydrogens (tertiary/aromatic N) is 4. The second-order valence-electron chi connectivity index (χ2n) is 8.85. The van der Waals surface area contributed by atoms with Crippen molar-refractivity contribution in [2.24, 2.45) is 5.92 Å². The summed E-state index contributed by atoms with van der Waals surface area (Å²) in [5, 5.41) is 8.01. The molecule has 0 aromatic carbocycles. The Hall–Kier alpha value is -2.89. The number of pyridine rings is 2. The monoisotopic (exact) mass is 419 g/mol. The van der Waals surface area contributed by atoms with Gasteiger partial charge in [0.25, 0.3) is 0 Å². The van der Waals surface area contributed by atoms with Gasteiger partial charge in [0.1, 0.15) is 11.6 Å². The van der Waals surface area contributed by atoms with E-state index in [9.17, 15) is 0 Å². The van der Waals surface area contributed by atoms with E-state index in [1.807, 2.05) is 30.1 Å². The van der Waals surface area contributed by atoms with Crippen LogP contribution >= 0.6 is 0 Å². The van der Waals surface area contributed by atoms with E-state index >= 15 is 0 Å². The third-order valence-electron chi connectivity index (χ3n) is 6.34. The van der Waals surface area contributed by atoms with Gasteiger partial charge in [0, 0.05) is 42.2 Å². The highest BCUT2D eigenvalue weighted by atomic mass is 16.5. The molecule has 0 spiro atoms. The van der Waals surface area contributed by atoms with E-state index in [-0.39, 0.29) is 0 Å². The normalized spacial score (nSPS) is 18.9. The summed E-state index contributed by atoms with van der Waals surface area (Å²) < 4.78 is 7.33. The second-order valence-corrected chi connectivity index (χ2v) is 8.85. The highest BCUT2D eigenvalue weighted by molar-refractivity contribution is 5.64. The smallest absolute Gasteiger partial charge is 0.140 e. The van der Waals surface area contributed by atoms with Crippen molar-refractivity contribution in [3.63, 3.8) is 0 Å². The molecule has 1 fully saturated rings. The number of anilines is 1. The molecule has 6 heteroatoms. The summed E-state index contributed by atoms with van der Waals surface area (Å²) >= 11 is 0. The Morgan fingerprint density at radius 2 is 1.94 bits per heavy atom. The average molecular weight is 420 g/mol. The molecule has 164 valence electrons. The molecule has 1 saturated carbocycles. The van der Waals surface area contributed by atoms with Gasteiger partial charge < -0.3 is 10.1 Å². The van der Waals surface area contributed by atoms with Gasteiger partial charge >= 0.3 is 0 Å².